The summed E-state index contributed by atoms with van der Waals surface area (Å²) in [6, 6.07) is 16.1. The fourth-order valence-corrected chi connectivity index (χ4v) is 5.17. The zero-order valence-corrected chi connectivity index (χ0v) is 16.4. The number of anilines is 1. The molecule has 142 valence electrons. The Kier molecular flexibility index (Phi) is 5.69. The first-order valence-corrected chi connectivity index (χ1v) is 10.9. The molecule has 2 atom stereocenters. The highest BCUT2D eigenvalue weighted by Crippen LogP contribution is 2.32. The molecule has 0 aromatic heterocycles. The van der Waals surface area contributed by atoms with Crippen LogP contribution in [0.5, 0.6) is 0 Å². The smallest absolute Gasteiger partial charge is 0.242 e. The van der Waals surface area contributed by atoms with Gasteiger partial charge in [-0.2, -0.15) is 11.8 Å². The highest BCUT2D eigenvalue weighted by molar-refractivity contribution is 7.99. The maximum Gasteiger partial charge on any atom is 0.242 e. The highest BCUT2D eigenvalue weighted by atomic mass is 32.2. The number of rotatable bonds is 4. The number of hydrogen-bond acceptors (Lipinski definition) is 4. The number of carbonyl (C=O) groups excluding carboxylic acids is 1. The molecule has 1 saturated heterocycles. The first-order chi connectivity index (χ1) is 13.2. The molecule has 1 amide bonds. The van der Waals surface area contributed by atoms with Gasteiger partial charge in [0, 0.05) is 30.3 Å². The minimum Gasteiger partial charge on any atom is -0.399 e. The van der Waals surface area contributed by atoms with Crippen LogP contribution in [0.2, 0.25) is 0 Å². The lowest BCUT2D eigenvalue weighted by Gasteiger charge is -2.35. The quantitative estimate of drug-likeness (QED) is 0.795. The summed E-state index contributed by atoms with van der Waals surface area (Å²) < 4.78 is 0. The number of amides is 1. The van der Waals surface area contributed by atoms with Gasteiger partial charge >= 0.3 is 0 Å². The van der Waals surface area contributed by atoms with Crippen LogP contribution < -0.4 is 11.1 Å². The molecule has 4 nitrogen and oxygen atoms in total. The molecule has 1 aliphatic heterocycles. The lowest BCUT2D eigenvalue weighted by molar-refractivity contribution is -0.127. The number of nitrogen functional groups attached to an aromatic ring is 1. The third-order valence-electron chi connectivity index (χ3n) is 5.57. The van der Waals surface area contributed by atoms with Gasteiger partial charge in [-0.15, -0.1) is 0 Å². The molecule has 0 bridgehead atoms. The Bertz CT molecular complexity index is 789. The fraction of sp³-hybridized carbons (Fsp3) is 0.409. The van der Waals surface area contributed by atoms with Crippen LogP contribution in [0.1, 0.15) is 41.6 Å². The van der Waals surface area contributed by atoms with E-state index in [-0.39, 0.29) is 18.0 Å². The number of nitrogens with one attached hydrogen (secondary N) is 1. The molecule has 4 rings (SSSR count). The van der Waals surface area contributed by atoms with Gasteiger partial charge < -0.3 is 11.1 Å². The standard InChI is InChI=1S/C22H27N3OS/c23-18-9-10-19-17(15-18)7-4-8-20(19)24-22(26)21(16-5-2-1-3-6-16)25-11-13-27-14-12-25/h1-3,5-6,9-10,15,20-21H,4,7-8,11-14,23H2,(H,24,26). The molecule has 1 heterocycles. The molecule has 1 fully saturated rings. The van der Waals surface area contributed by atoms with E-state index in [1.54, 1.807) is 0 Å². The number of nitrogens with zero attached hydrogens (tertiary/aromatic N) is 1. The second kappa shape index (κ2) is 8.36. The molecule has 5 heteroatoms. The second-order valence-corrected chi connectivity index (χ2v) is 8.60. The van der Waals surface area contributed by atoms with Crippen molar-refractivity contribution in [3.05, 3.63) is 65.2 Å². The minimum absolute atomic E-state index is 0.0761. The van der Waals surface area contributed by atoms with E-state index < -0.39 is 0 Å². The van der Waals surface area contributed by atoms with Crippen molar-refractivity contribution in [3.8, 4) is 0 Å². The third kappa shape index (κ3) is 4.14. The van der Waals surface area contributed by atoms with Crippen molar-refractivity contribution >= 4 is 23.4 Å². The number of fused-ring (bicyclic) bond motifs is 1. The van der Waals surface area contributed by atoms with E-state index in [4.69, 9.17) is 5.73 Å². The molecular formula is C22H27N3OS. The van der Waals surface area contributed by atoms with Gasteiger partial charge in [-0.25, -0.2) is 0 Å². The van der Waals surface area contributed by atoms with Gasteiger partial charge in [0.15, 0.2) is 0 Å². The highest BCUT2D eigenvalue weighted by Gasteiger charge is 2.31. The Hall–Kier alpha value is -1.98. The van der Waals surface area contributed by atoms with Gasteiger partial charge in [0.2, 0.25) is 5.91 Å². The Labute approximate surface area is 165 Å². The van der Waals surface area contributed by atoms with Crippen molar-refractivity contribution in [1.82, 2.24) is 10.2 Å². The summed E-state index contributed by atoms with van der Waals surface area (Å²) in [5.74, 6) is 2.28. The van der Waals surface area contributed by atoms with Crippen LogP contribution in [0.25, 0.3) is 0 Å². The normalized spacial score (nSPS) is 21.3. The van der Waals surface area contributed by atoms with E-state index in [1.807, 2.05) is 36.0 Å². The summed E-state index contributed by atoms with van der Waals surface area (Å²) in [5.41, 5.74) is 10.3. The summed E-state index contributed by atoms with van der Waals surface area (Å²) in [4.78, 5) is 15.7. The number of nitrogens with two attached hydrogens (primary N) is 1. The Balaban J connectivity index is 1.57. The van der Waals surface area contributed by atoms with E-state index in [1.165, 1.54) is 11.1 Å². The fourth-order valence-electron chi connectivity index (χ4n) is 4.23. The predicted molar refractivity (Wildman–Crippen MR) is 113 cm³/mol. The number of hydrogen-bond donors (Lipinski definition) is 2. The van der Waals surface area contributed by atoms with E-state index in [9.17, 15) is 4.79 Å². The lowest BCUT2D eigenvalue weighted by atomic mass is 9.87. The van der Waals surface area contributed by atoms with Crippen molar-refractivity contribution in [2.24, 2.45) is 0 Å². The maximum absolute atomic E-state index is 13.4. The molecule has 2 unspecified atom stereocenters. The molecular weight excluding hydrogens is 354 g/mol. The summed E-state index contributed by atoms with van der Waals surface area (Å²) in [6.07, 6.45) is 3.11. The van der Waals surface area contributed by atoms with E-state index in [0.717, 1.165) is 55.1 Å². The van der Waals surface area contributed by atoms with Gasteiger partial charge in [0.25, 0.3) is 0 Å². The molecule has 27 heavy (non-hydrogen) atoms. The number of thioether (sulfide) groups is 1. The van der Waals surface area contributed by atoms with Crippen LogP contribution in [-0.2, 0) is 11.2 Å². The van der Waals surface area contributed by atoms with Crippen molar-refractivity contribution in [3.63, 3.8) is 0 Å². The topological polar surface area (TPSA) is 58.4 Å². The SMILES string of the molecule is Nc1ccc2c(c1)CCCC2NC(=O)C(c1ccccc1)N1CCSCC1. The van der Waals surface area contributed by atoms with Crippen LogP contribution >= 0.6 is 11.8 Å². The molecule has 2 aliphatic rings. The lowest BCUT2D eigenvalue weighted by Crippen LogP contribution is -2.45. The second-order valence-electron chi connectivity index (χ2n) is 7.37. The first-order valence-electron chi connectivity index (χ1n) is 9.78. The predicted octanol–water partition coefficient (Wildman–Crippen LogP) is 3.55. The summed E-state index contributed by atoms with van der Waals surface area (Å²) in [5, 5.41) is 3.36. The Morgan fingerprint density at radius 2 is 1.93 bits per heavy atom. The van der Waals surface area contributed by atoms with Crippen LogP contribution in [-0.4, -0.2) is 35.4 Å². The number of benzene rings is 2. The third-order valence-corrected chi connectivity index (χ3v) is 6.51. The Morgan fingerprint density at radius 1 is 1.15 bits per heavy atom. The van der Waals surface area contributed by atoms with E-state index >= 15 is 0 Å². The average Bonchev–Trinajstić information content (AvgIpc) is 2.70. The van der Waals surface area contributed by atoms with Gasteiger partial charge in [-0.05, 0) is 48.1 Å². The largest absolute Gasteiger partial charge is 0.399 e. The first kappa shape index (κ1) is 18.4. The van der Waals surface area contributed by atoms with Crippen LogP contribution in [0.15, 0.2) is 48.5 Å². The van der Waals surface area contributed by atoms with Gasteiger partial charge in [0.05, 0.1) is 6.04 Å². The van der Waals surface area contributed by atoms with Gasteiger partial charge in [-0.1, -0.05) is 36.4 Å². The molecule has 3 N–H and O–H groups in total. The van der Waals surface area contributed by atoms with E-state index in [2.05, 4.69) is 34.5 Å². The number of aryl methyl sites for hydroxylation is 1. The zero-order chi connectivity index (χ0) is 18.6. The monoisotopic (exact) mass is 381 g/mol. The van der Waals surface area contributed by atoms with Gasteiger partial charge in [0.1, 0.15) is 6.04 Å². The molecule has 2 aromatic rings. The van der Waals surface area contributed by atoms with E-state index in [0.29, 0.717) is 0 Å². The van der Waals surface area contributed by atoms with Crippen LogP contribution in [0.3, 0.4) is 0 Å². The van der Waals surface area contributed by atoms with Crippen molar-refractivity contribution in [2.75, 3.05) is 30.3 Å². The molecule has 0 radical (unpaired) electrons. The molecule has 1 aliphatic carbocycles. The molecule has 0 spiro atoms. The number of carbonyl (C=O) groups is 1. The van der Waals surface area contributed by atoms with Crippen molar-refractivity contribution in [1.29, 1.82) is 0 Å². The maximum atomic E-state index is 13.4. The molecule has 2 aromatic carbocycles. The summed E-state index contributed by atoms with van der Waals surface area (Å²) in [7, 11) is 0. The Morgan fingerprint density at radius 3 is 2.70 bits per heavy atom. The minimum atomic E-state index is -0.216. The summed E-state index contributed by atoms with van der Waals surface area (Å²) >= 11 is 1.97. The van der Waals surface area contributed by atoms with Crippen LogP contribution in [0, 0.1) is 0 Å². The molecule has 0 saturated carbocycles. The van der Waals surface area contributed by atoms with Crippen LogP contribution in [0.4, 0.5) is 5.69 Å². The zero-order valence-electron chi connectivity index (χ0n) is 15.6. The van der Waals surface area contributed by atoms with Crippen molar-refractivity contribution < 1.29 is 4.79 Å². The summed E-state index contributed by atoms with van der Waals surface area (Å²) in [6.45, 7) is 1.91. The van der Waals surface area contributed by atoms with Gasteiger partial charge in [-0.3, -0.25) is 9.69 Å². The van der Waals surface area contributed by atoms with Crippen molar-refractivity contribution in [2.45, 2.75) is 31.3 Å². The average molecular weight is 382 g/mol.